The van der Waals surface area contributed by atoms with Crippen molar-refractivity contribution in [1.29, 1.82) is 0 Å². The predicted molar refractivity (Wildman–Crippen MR) is 75.1 cm³/mol. The first-order valence-corrected chi connectivity index (χ1v) is 7.76. The van der Waals surface area contributed by atoms with E-state index in [-0.39, 0.29) is 17.9 Å². The van der Waals surface area contributed by atoms with Crippen molar-refractivity contribution in [2.24, 2.45) is 0 Å². The molecule has 1 aromatic rings. The van der Waals surface area contributed by atoms with Crippen LogP contribution in [0.4, 0.5) is 5.69 Å². The van der Waals surface area contributed by atoms with Gasteiger partial charge in [-0.05, 0) is 32.0 Å². The maximum absolute atomic E-state index is 11.7. The number of ether oxygens (including phenoxy) is 1. The van der Waals surface area contributed by atoms with Crippen LogP contribution >= 0.6 is 11.6 Å². The zero-order chi connectivity index (χ0) is 14.6. The Labute approximate surface area is 117 Å². The minimum absolute atomic E-state index is 0.189. The molecule has 5 nitrogen and oxygen atoms in total. The number of hydrogen-bond acceptors (Lipinski definition) is 5. The van der Waals surface area contributed by atoms with Crippen LogP contribution in [-0.4, -0.2) is 32.0 Å². The first-order valence-electron chi connectivity index (χ1n) is 5.67. The summed E-state index contributed by atoms with van der Waals surface area (Å²) in [6, 6.07) is 4.34. The van der Waals surface area contributed by atoms with Gasteiger partial charge in [-0.15, -0.1) is 0 Å². The number of anilines is 1. The van der Waals surface area contributed by atoms with Gasteiger partial charge < -0.3 is 10.5 Å². The number of halogens is 1. The third-order valence-corrected chi connectivity index (χ3v) is 4.87. The molecule has 1 rings (SSSR count). The van der Waals surface area contributed by atoms with Gasteiger partial charge in [0.25, 0.3) is 0 Å². The third-order valence-electron chi connectivity index (χ3n) is 2.48. The Morgan fingerprint density at radius 2 is 2.00 bits per heavy atom. The number of benzene rings is 1. The van der Waals surface area contributed by atoms with Crippen molar-refractivity contribution < 1.29 is 17.9 Å². The molecule has 19 heavy (non-hydrogen) atoms. The van der Waals surface area contributed by atoms with Gasteiger partial charge in [-0.3, -0.25) is 0 Å². The summed E-state index contributed by atoms with van der Waals surface area (Å²) in [4.78, 5) is 11.7. The molecule has 0 saturated carbocycles. The number of nitrogen functional groups attached to an aromatic ring is 1. The van der Waals surface area contributed by atoms with Crippen LogP contribution in [0.15, 0.2) is 18.2 Å². The molecule has 106 valence electrons. The van der Waals surface area contributed by atoms with Crippen molar-refractivity contribution in [2.75, 3.05) is 18.1 Å². The lowest BCUT2D eigenvalue weighted by Gasteiger charge is -2.09. The Morgan fingerprint density at radius 3 is 2.53 bits per heavy atom. The SMILES string of the molecule is CC(C)S(=O)(=O)CCOC(=O)c1cc(N)cc(Cl)c1. The number of esters is 1. The van der Waals surface area contributed by atoms with Crippen molar-refractivity contribution in [3.05, 3.63) is 28.8 Å². The van der Waals surface area contributed by atoms with Crippen molar-refractivity contribution in [3.8, 4) is 0 Å². The molecule has 0 aliphatic heterocycles. The number of sulfone groups is 1. The van der Waals surface area contributed by atoms with Crippen LogP contribution in [0.25, 0.3) is 0 Å². The minimum atomic E-state index is -3.22. The molecule has 0 atom stereocenters. The van der Waals surface area contributed by atoms with Crippen LogP contribution in [0.5, 0.6) is 0 Å². The molecule has 0 spiro atoms. The van der Waals surface area contributed by atoms with Crippen LogP contribution in [0, 0.1) is 0 Å². The summed E-state index contributed by atoms with van der Waals surface area (Å²) in [5, 5.41) is -0.172. The molecule has 0 bridgehead atoms. The molecule has 2 N–H and O–H groups in total. The lowest BCUT2D eigenvalue weighted by Crippen LogP contribution is -2.22. The van der Waals surface area contributed by atoms with E-state index in [0.29, 0.717) is 10.7 Å². The average molecular weight is 306 g/mol. The second-order valence-electron chi connectivity index (χ2n) is 4.32. The summed E-state index contributed by atoms with van der Waals surface area (Å²) < 4.78 is 27.9. The molecular weight excluding hydrogens is 290 g/mol. The average Bonchev–Trinajstić information content (AvgIpc) is 2.27. The third kappa shape index (κ3) is 4.72. The molecule has 0 heterocycles. The normalized spacial score (nSPS) is 11.6. The molecule has 0 aromatic heterocycles. The summed E-state index contributed by atoms with van der Waals surface area (Å²) in [5.74, 6) is -0.847. The molecule has 0 fully saturated rings. The highest BCUT2D eigenvalue weighted by Crippen LogP contribution is 2.17. The summed E-state index contributed by atoms with van der Waals surface area (Å²) in [6.07, 6.45) is 0. The van der Waals surface area contributed by atoms with E-state index in [2.05, 4.69) is 0 Å². The lowest BCUT2D eigenvalue weighted by molar-refractivity contribution is 0.0529. The summed E-state index contributed by atoms with van der Waals surface area (Å²) in [5.41, 5.74) is 6.09. The molecule has 0 radical (unpaired) electrons. The number of carbonyl (C=O) groups is 1. The topological polar surface area (TPSA) is 86.5 Å². The minimum Gasteiger partial charge on any atom is -0.461 e. The molecule has 0 aliphatic rings. The quantitative estimate of drug-likeness (QED) is 0.663. The summed E-state index contributed by atoms with van der Waals surface area (Å²) in [6.45, 7) is 2.97. The van der Waals surface area contributed by atoms with Gasteiger partial charge in [0.15, 0.2) is 9.84 Å². The smallest absolute Gasteiger partial charge is 0.338 e. The Kier molecular flexibility index (Phi) is 5.20. The highest BCUT2D eigenvalue weighted by molar-refractivity contribution is 7.91. The van der Waals surface area contributed by atoms with Gasteiger partial charge in [0.1, 0.15) is 6.61 Å². The van der Waals surface area contributed by atoms with Gasteiger partial charge in [-0.2, -0.15) is 0 Å². The first-order chi connectivity index (χ1) is 8.72. The Morgan fingerprint density at radius 1 is 1.37 bits per heavy atom. The molecule has 1 aromatic carbocycles. The van der Waals surface area contributed by atoms with E-state index in [1.54, 1.807) is 13.8 Å². The highest BCUT2D eigenvalue weighted by Gasteiger charge is 2.17. The summed E-state index contributed by atoms with van der Waals surface area (Å²) in [7, 11) is -3.22. The van der Waals surface area contributed by atoms with Gasteiger partial charge in [-0.1, -0.05) is 11.6 Å². The van der Waals surface area contributed by atoms with Crippen molar-refractivity contribution in [1.82, 2.24) is 0 Å². The highest BCUT2D eigenvalue weighted by atomic mass is 35.5. The predicted octanol–water partition coefficient (Wildman–Crippen LogP) is 1.90. The van der Waals surface area contributed by atoms with Crippen molar-refractivity contribution in [3.63, 3.8) is 0 Å². The van der Waals surface area contributed by atoms with Gasteiger partial charge >= 0.3 is 5.97 Å². The molecule has 7 heteroatoms. The fourth-order valence-electron chi connectivity index (χ4n) is 1.30. The van der Waals surface area contributed by atoms with Crippen LogP contribution in [0.1, 0.15) is 24.2 Å². The zero-order valence-electron chi connectivity index (χ0n) is 10.7. The number of carbonyl (C=O) groups excluding carboxylic acids is 1. The second-order valence-corrected chi connectivity index (χ2v) is 7.44. The van der Waals surface area contributed by atoms with Gasteiger partial charge in [0.2, 0.25) is 0 Å². The van der Waals surface area contributed by atoms with Crippen molar-refractivity contribution >= 4 is 33.1 Å². The zero-order valence-corrected chi connectivity index (χ0v) is 12.3. The molecule has 0 saturated heterocycles. The van der Waals surface area contributed by atoms with Crippen LogP contribution in [-0.2, 0) is 14.6 Å². The van der Waals surface area contributed by atoms with E-state index in [9.17, 15) is 13.2 Å². The summed E-state index contributed by atoms with van der Waals surface area (Å²) >= 11 is 5.76. The molecule has 0 aliphatic carbocycles. The first kappa shape index (κ1) is 15.8. The van der Waals surface area contributed by atoms with Gasteiger partial charge in [-0.25, -0.2) is 13.2 Å². The van der Waals surface area contributed by atoms with Gasteiger partial charge in [0.05, 0.1) is 16.6 Å². The molecule has 0 unspecified atom stereocenters. The molecule has 0 amide bonds. The molecular formula is C12H16ClNO4S. The van der Waals surface area contributed by atoms with Gasteiger partial charge in [0, 0.05) is 10.7 Å². The monoisotopic (exact) mass is 305 g/mol. The van der Waals surface area contributed by atoms with E-state index in [0.717, 1.165) is 0 Å². The number of hydrogen-bond donors (Lipinski definition) is 1. The standard InChI is InChI=1S/C12H16ClNO4S/c1-8(2)19(16,17)4-3-18-12(15)9-5-10(13)7-11(14)6-9/h5-8H,3-4,14H2,1-2H3. The van der Waals surface area contributed by atoms with Crippen LogP contribution in [0.3, 0.4) is 0 Å². The van der Waals surface area contributed by atoms with E-state index >= 15 is 0 Å². The van der Waals surface area contributed by atoms with E-state index in [1.807, 2.05) is 0 Å². The fraction of sp³-hybridized carbons (Fsp3) is 0.417. The maximum atomic E-state index is 11.7. The number of nitrogens with two attached hydrogens (primary N) is 1. The van der Waals surface area contributed by atoms with E-state index in [4.69, 9.17) is 22.1 Å². The Balaban J connectivity index is 2.62. The van der Waals surface area contributed by atoms with Crippen LogP contribution < -0.4 is 5.73 Å². The number of rotatable bonds is 5. The Hall–Kier alpha value is -1.27. The van der Waals surface area contributed by atoms with Crippen molar-refractivity contribution in [2.45, 2.75) is 19.1 Å². The fourth-order valence-corrected chi connectivity index (χ4v) is 2.33. The maximum Gasteiger partial charge on any atom is 0.338 e. The van der Waals surface area contributed by atoms with Crippen LogP contribution in [0.2, 0.25) is 5.02 Å². The second kappa shape index (κ2) is 6.25. The largest absolute Gasteiger partial charge is 0.461 e. The Bertz CT molecular complexity index is 549. The van der Waals surface area contributed by atoms with E-state index < -0.39 is 21.1 Å². The lowest BCUT2D eigenvalue weighted by atomic mass is 10.2. The van der Waals surface area contributed by atoms with E-state index in [1.165, 1.54) is 18.2 Å².